The lowest BCUT2D eigenvalue weighted by atomic mass is 9.90. The molecule has 0 unspecified atom stereocenters. The van der Waals surface area contributed by atoms with Crippen LogP contribution in [0.1, 0.15) is 11.7 Å². The van der Waals surface area contributed by atoms with Gasteiger partial charge >= 0.3 is 0 Å². The van der Waals surface area contributed by atoms with Crippen molar-refractivity contribution >= 4 is 27.7 Å². The number of aliphatic hydroxyl groups is 3. The fourth-order valence-electron chi connectivity index (χ4n) is 3.49. The fourth-order valence-corrected chi connectivity index (χ4v) is 3.49. The topological polar surface area (TPSA) is 201 Å². The minimum absolute atomic E-state index is 0.165. The Labute approximate surface area is 166 Å². The van der Waals surface area contributed by atoms with Crippen molar-refractivity contribution in [3.63, 3.8) is 0 Å². The number of carbonyl (C=O) groups is 1. The lowest BCUT2D eigenvalue weighted by molar-refractivity contribution is -0.270. The maximum Gasteiger partial charge on any atom is 0.200 e. The second kappa shape index (κ2) is 6.85. The Kier molecular flexibility index (Phi) is 4.55. The maximum atomic E-state index is 13.0. The maximum absolute atomic E-state index is 13.0. The normalized spacial score (nSPS) is 24.6. The number of phenols is 3. The van der Waals surface area contributed by atoms with Crippen molar-refractivity contribution in [2.24, 2.45) is 0 Å². The Bertz CT molecular complexity index is 1250. The van der Waals surface area contributed by atoms with Crippen LogP contribution in [0.25, 0.3) is 21.9 Å². The van der Waals surface area contributed by atoms with Gasteiger partial charge in [-0.15, -0.1) is 0 Å². The predicted octanol–water partition coefficient (Wildman–Crippen LogP) is -1.14. The van der Waals surface area contributed by atoms with Gasteiger partial charge in [-0.2, -0.15) is 0 Å². The van der Waals surface area contributed by atoms with Crippen molar-refractivity contribution in [2.45, 2.75) is 24.4 Å². The van der Waals surface area contributed by atoms with Gasteiger partial charge in [0.1, 0.15) is 41.3 Å². The van der Waals surface area contributed by atoms with Gasteiger partial charge in [0, 0.05) is 17.7 Å². The monoisotopic (exact) mass is 419 g/mol. The molecular weight excluding hydrogens is 404 g/mol. The number of aliphatic hydroxyl groups excluding tert-OH is 3. The lowest BCUT2D eigenvalue weighted by Crippen LogP contribution is -2.52. The van der Waals surface area contributed by atoms with E-state index in [-0.39, 0.29) is 16.6 Å². The van der Waals surface area contributed by atoms with E-state index in [0.717, 1.165) is 18.2 Å². The first-order chi connectivity index (χ1) is 14.1. The molecule has 0 radical (unpaired) electrons. The minimum atomic E-state index is -2.05. The summed E-state index contributed by atoms with van der Waals surface area (Å²) in [7, 11) is 0. The van der Waals surface area contributed by atoms with Crippen LogP contribution >= 0.6 is 0 Å². The molecule has 0 amide bonds. The number of fused-ring (bicyclic) bond motifs is 2. The number of ketones is 1. The molecule has 1 saturated heterocycles. The first-order valence-electron chi connectivity index (χ1n) is 8.67. The molecule has 11 nitrogen and oxygen atoms in total. The van der Waals surface area contributed by atoms with Gasteiger partial charge in [0.2, 0.25) is 0 Å². The number of carbonyl (C=O) groups excluding carboxylic acids is 1. The van der Waals surface area contributed by atoms with Crippen molar-refractivity contribution in [1.29, 1.82) is 0 Å². The molecule has 3 aromatic rings. The second-order valence-electron chi connectivity index (χ2n) is 6.85. The summed E-state index contributed by atoms with van der Waals surface area (Å²) in [5.74, 6) is -4.20. The number of benzene rings is 2. The molecular formula is C19H15O11-. The molecule has 4 atom stereocenters. The first kappa shape index (κ1) is 19.9. The zero-order valence-corrected chi connectivity index (χ0v) is 15.0. The number of hydrogen-bond donors (Lipinski definition) is 6. The van der Waals surface area contributed by atoms with Crippen LogP contribution in [0.5, 0.6) is 23.0 Å². The van der Waals surface area contributed by atoms with Crippen LogP contribution in [-0.4, -0.2) is 61.3 Å². The Morgan fingerprint density at radius 3 is 2.23 bits per heavy atom. The van der Waals surface area contributed by atoms with Crippen LogP contribution in [0.2, 0.25) is 0 Å². The average molecular weight is 419 g/mol. The van der Waals surface area contributed by atoms with Crippen molar-refractivity contribution < 1.29 is 49.7 Å². The standard InChI is InChI=1S/C19H16O11/c20-4-11-15(25)17(27)18(28)19(30-11)12-8(23)3-10-13(16(12)26)14(24)5-1-6(21)7(22)2-9(5)29-10/h1-3,11,15,18-23,25-26,28H,4H2/p-1/t11-,15-,18-,19+/m1/s1. The summed E-state index contributed by atoms with van der Waals surface area (Å²) in [6.07, 6.45) is -7.12. The van der Waals surface area contributed by atoms with Gasteiger partial charge in [-0.25, -0.2) is 0 Å². The van der Waals surface area contributed by atoms with Crippen molar-refractivity contribution in [1.82, 2.24) is 0 Å². The van der Waals surface area contributed by atoms with E-state index >= 15 is 0 Å². The highest BCUT2D eigenvalue weighted by Gasteiger charge is 2.45. The lowest BCUT2D eigenvalue weighted by Gasteiger charge is -2.37. The number of aromatic hydroxyl groups is 3. The zero-order chi connectivity index (χ0) is 21.9. The van der Waals surface area contributed by atoms with Crippen LogP contribution in [0.4, 0.5) is 0 Å². The Morgan fingerprint density at radius 2 is 1.57 bits per heavy atom. The third-order valence-corrected chi connectivity index (χ3v) is 5.04. The van der Waals surface area contributed by atoms with Crippen LogP contribution in [-0.2, 0) is 9.53 Å². The molecule has 158 valence electrons. The van der Waals surface area contributed by atoms with Gasteiger partial charge in [0.05, 0.1) is 17.4 Å². The first-order valence-corrected chi connectivity index (χ1v) is 8.67. The van der Waals surface area contributed by atoms with Gasteiger partial charge in [-0.3, -0.25) is 9.59 Å². The minimum Gasteiger partial charge on any atom is -0.872 e. The highest BCUT2D eigenvalue weighted by atomic mass is 16.5. The van der Waals surface area contributed by atoms with E-state index in [9.17, 15) is 45.3 Å². The summed E-state index contributed by atoms with van der Waals surface area (Å²) >= 11 is 0. The second-order valence-corrected chi connectivity index (χ2v) is 6.85. The smallest absolute Gasteiger partial charge is 0.200 e. The van der Waals surface area contributed by atoms with E-state index in [1.165, 1.54) is 0 Å². The van der Waals surface area contributed by atoms with E-state index in [1.807, 2.05) is 0 Å². The molecule has 0 aliphatic carbocycles. The van der Waals surface area contributed by atoms with Crippen LogP contribution < -0.4 is 10.5 Å². The summed E-state index contributed by atoms with van der Waals surface area (Å²) in [5.41, 5.74) is -2.05. The summed E-state index contributed by atoms with van der Waals surface area (Å²) in [6, 6.07) is 2.76. The fraction of sp³-hybridized carbons (Fsp3) is 0.263. The van der Waals surface area contributed by atoms with Crippen LogP contribution in [0.15, 0.2) is 27.4 Å². The SMILES string of the molecule is O=C1[C@@H](O)[C@H](c2c(O)cc3oc4cc(O)c(O)cc4c(=O)c3c2[O-])O[C@H](CO)[C@H]1O. The third-order valence-electron chi connectivity index (χ3n) is 5.04. The van der Waals surface area contributed by atoms with Crippen molar-refractivity contribution in [3.8, 4) is 23.0 Å². The molecule has 2 aromatic carbocycles. The molecule has 30 heavy (non-hydrogen) atoms. The van der Waals surface area contributed by atoms with Gasteiger partial charge in [0.15, 0.2) is 22.7 Å². The van der Waals surface area contributed by atoms with E-state index in [0.29, 0.717) is 0 Å². The highest BCUT2D eigenvalue weighted by Crippen LogP contribution is 2.43. The quantitative estimate of drug-likeness (QED) is 0.216. The molecule has 1 aliphatic heterocycles. The van der Waals surface area contributed by atoms with E-state index < -0.39 is 76.2 Å². The third kappa shape index (κ3) is 2.75. The average Bonchev–Trinajstić information content (AvgIpc) is 2.69. The Morgan fingerprint density at radius 1 is 0.933 bits per heavy atom. The van der Waals surface area contributed by atoms with E-state index in [1.54, 1.807) is 0 Å². The molecule has 0 bridgehead atoms. The van der Waals surface area contributed by atoms with Crippen molar-refractivity contribution in [3.05, 3.63) is 34.0 Å². The Hall–Kier alpha value is -3.38. The van der Waals surface area contributed by atoms with Gasteiger partial charge in [-0.05, 0) is 6.07 Å². The van der Waals surface area contributed by atoms with Crippen LogP contribution in [0.3, 0.4) is 0 Å². The molecule has 11 heteroatoms. The van der Waals surface area contributed by atoms with E-state index in [2.05, 4.69) is 0 Å². The summed E-state index contributed by atoms with van der Waals surface area (Å²) in [5, 5.41) is 71.0. The molecule has 2 heterocycles. The molecule has 0 spiro atoms. The zero-order valence-electron chi connectivity index (χ0n) is 15.0. The summed E-state index contributed by atoms with van der Waals surface area (Å²) in [4.78, 5) is 24.9. The molecule has 1 fully saturated rings. The molecule has 0 saturated carbocycles. The number of ether oxygens (including phenoxy) is 1. The predicted molar refractivity (Wildman–Crippen MR) is 96.2 cm³/mol. The van der Waals surface area contributed by atoms with Gasteiger partial charge < -0.3 is 44.9 Å². The molecule has 6 N–H and O–H groups in total. The van der Waals surface area contributed by atoms with Gasteiger partial charge in [0.25, 0.3) is 0 Å². The van der Waals surface area contributed by atoms with E-state index in [4.69, 9.17) is 9.15 Å². The summed E-state index contributed by atoms with van der Waals surface area (Å²) < 4.78 is 10.6. The van der Waals surface area contributed by atoms with Crippen molar-refractivity contribution in [2.75, 3.05) is 6.61 Å². The number of hydrogen-bond acceptors (Lipinski definition) is 11. The number of rotatable bonds is 2. The molecule has 1 aromatic heterocycles. The molecule has 1 aliphatic rings. The highest BCUT2D eigenvalue weighted by molar-refractivity contribution is 5.96. The number of phenolic OH excluding ortho intramolecular Hbond substituents is 3. The number of Topliss-reactive ketones (excluding diaryl/α,β-unsaturated/α-hetero) is 1. The molecule has 4 rings (SSSR count). The summed E-state index contributed by atoms with van der Waals surface area (Å²) in [6.45, 7) is -0.811. The van der Waals surface area contributed by atoms with Gasteiger partial charge in [-0.1, -0.05) is 5.75 Å². The Balaban J connectivity index is 1.99. The van der Waals surface area contributed by atoms with Crippen LogP contribution in [0, 0.1) is 0 Å². The largest absolute Gasteiger partial charge is 0.872 e.